The van der Waals surface area contributed by atoms with Crippen LogP contribution in [0.3, 0.4) is 0 Å². The Kier molecular flexibility index (Phi) is 2.49. The molecule has 0 aliphatic carbocycles. The molecular formula is C11H13N5O. The maximum atomic E-state index is 5.23. The molecule has 0 saturated heterocycles. The molecule has 1 aliphatic heterocycles. The monoisotopic (exact) mass is 231 g/mol. The number of rotatable bonds is 2. The topological polar surface area (TPSA) is 64.9 Å². The quantitative estimate of drug-likeness (QED) is 0.813. The molecule has 0 aromatic carbocycles. The number of nitrogens with zero attached hydrogens (tertiary/aromatic N) is 4. The van der Waals surface area contributed by atoms with Crippen molar-refractivity contribution in [3.05, 3.63) is 24.4 Å². The number of methoxy groups -OCH3 is 1. The third kappa shape index (κ3) is 1.66. The minimum Gasteiger partial charge on any atom is -0.479 e. The number of ether oxygens (including phenoxy) is 1. The molecule has 0 fully saturated rings. The second-order valence-electron chi connectivity index (χ2n) is 3.80. The van der Waals surface area contributed by atoms with Gasteiger partial charge in [-0.2, -0.15) is 0 Å². The Morgan fingerprint density at radius 1 is 1.29 bits per heavy atom. The highest BCUT2D eigenvalue weighted by atomic mass is 16.5. The van der Waals surface area contributed by atoms with Gasteiger partial charge in [0, 0.05) is 25.5 Å². The van der Waals surface area contributed by atoms with E-state index in [1.807, 2.05) is 6.20 Å². The number of imidazole rings is 1. The zero-order valence-corrected chi connectivity index (χ0v) is 9.55. The van der Waals surface area contributed by atoms with Crippen molar-refractivity contribution in [3.8, 4) is 17.3 Å². The fraction of sp³-hybridized carbons (Fsp3) is 0.364. The van der Waals surface area contributed by atoms with Gasteiger partial charge >= 0.3 is 0 Å². The lowest BCUT2D eigenvalue weighted by atomic mass is 10.3. The van der Waals surface area contributed by atoms with Crippen LogP contribution in [0.4, 0.5) is 0 Å². The van der Waals surface area contributed by atoms with Crippen LogP contribution in [0.25, 0.3) is 11.4 Å². The third-order valence-corrected chi connectivity index (χ3v) is 2.83. The summed E-state index contributed by atoms with van der Waals surface area (Å²) in [5, 5.41) is 3.28. The predicted molar refractivity (Wildman–Crippen MR) is 61.5 cm³/mol. The van der Waals surface area contributed by atoms with Crippen LogP contribution >= 0.6 is 0 Å². The molecule has 3 heterocycles. The Hall–Kier alpha value is -1.95. The predicted octanol–water partition coefficient (Wildman–Crippen LogP) is 0.452. The summed E-state index contributed by atoms with van der Waals surface area (Å²) >= 11 is 0. The van der Waals surface area contributed by atoms with Crippen LogP contribution < -0.4 is 10.1 Å². The molecule has 1 aliphatic rings. The van der Waals surface area contributed by atoms with Gasteiger partial charge in [0.25, 0.3) is 0 Å². The van der Waals surface area contributed by atoms with E-state index in [4.69, 9.17) is 4.74 Å². The summed E-state index contributed by atoms with van der Waals surface area (Å²) in [6, 6.07) is 0. The lowest BCUT2D eigenvalue weighted by Gasteiger charge is -2.17. The normalized spacial score (nSPS) is 14.4. The molecule has 17 heavy (non-hydrogen) atoms. The number of aromatic nitrogens is 4. The minimum absolute atomic E-state index is 0.536. The van der Waals surface area contributed by atoms with Gasteiger partial charge in [0.05, 0.1) is 25.5 Å². The van der Waals surface area contributed by atoms with E-state index in [1.165, 1.54) is 0 Å². The van der Waals surface area contributed by atoms with Gasteiger partial charge in [-0.1, -0.05) is 0 Å². The second kappa shape index (κ2) is 4.14. The molecule has 0 unspecified atom stereocenters. The molecule has 88 valence electrons. The largest absolute Gasteiger partial charge is 0.479 e. The molecule has 6 nitrogen and oxygen atoms in total. The van der Waals surface area contributed by atoms with Gasteiger partial charge < -0.3 is 14.6 Å². The second-order valence-corrected chi connectivity index (χ2v) is 3.80. The van der Waals surface area contributed by atoms with Gasteiger partial charge in [-0.3, -0.25) is 0 Å². The van der Waals surface area contributed by atoms with Crippen molar-refractivity contribution < 1.29 is 4.74 Å². The summed E-state index contributed by atoms with van der Waals surface area (Å²) in [5.41, 5.74) is 1.71. The maximum absolute atomic E-state index is 5.23. The molecule has 0 bridgehead atoms. The van der Waals surface area contributed by atoms with E-state index in [2.05, 4.69) is 24.8 Å². The van der Waals surface area contributed by atoms with E-state index < -0.39 is 0 Å². The molecule has 3 rings (SSSR count). The number of nitrogens with one attached hydrogen (secondary N) is 1. The smallest absolute Gasteiger partial charge is 0.241 e. The lowest BCUT2D eigenvalue weighted by Crippen LogP contribution is -2.28. The first-order chi connectivity index (χ1) is 8.40. The van der Waals surface area contributed by atoms with Gasteiger partial charge in [-0.25, -0.2) is 15.0 Å². The Morgan fingerprint density at radius 2 is 2.18 bits per heavy atom. The standard InChI is InChI=1S/C11H13N5O/c1-17-11-10(13-2-3-14-11)8-6-15-9-7-12-4-5-16(8)9/h2-3,6,12H,4-5,7H2,1H3. The van der Waals surface area contributed by atoms with Gasteiger partial charge in [0.15, 0.2) is 5.69 Å². The Balaban J connectivity index is 2.12. The summed E-state index contributed by atoms with van der Waals surface area (Å²) in [7, 11) is 1.60. The fourth-order valence-electron chi connectivity index (χ4n) is 2.04. The lowest BCUT2D eigenvalue weighted by molar-refractivity contribution is 0.397. The van der Waals surface area contributed by atoms with Crippen molar-refractivity contribution in [1.29, 1.82) is 0 Å². The van der Waals surface area contributed by atoms with Crippen LogP contribution in [0.15, 0.2) is 18.6 Å². The molecule has 2 aromatic heterocycles. The zero-order valence-electron chi connectivity index (χ0n) is 9.55. The Bertz CT molecular complexity index is 536. The van der Waals surface area contributed by atoms with Crippen molar-refractivity contribution in [3.63, 3.8) is 0 Å². The van der Waals surface area contributed by atoms with Gasteiger partial charge in [0.1, 0.15) is 5.82 Å². The first-order valence-corrected chi connectivity index (χ1v) is 5.50. The molecule has 0 saturated carbocycles. The van der Waals surface area contributed by atoms with Crippen molar-refractivity contribution >= 4 is 0 Å². The fourth-order valence-corrected chi connectivity index (χ4v) is 2.04. The first kappa shape index (κ1) is 10.2. The molecular weight excluding hydrogens is 218 g/mol. The molecule has 1 N–H and O–H groups in total. The average Bonchev–Trinajstić information content (AvgIpc) is 2.82. The van der Waals surface area contributed by atoms with Gasteiger partial charge in [-0.05, 0) is 0 Å². The highest BCUT2D eigenvalue weighted by Gasteiger charge is 2.18. The van der Waals surface area contributed by atoms with Crippen molar-refractivity contribution in [2.45, 2.75) is 13.1 Å². The van der Waals surface area contributed by atoms with E-state index in [1.54, 1.807) is 19.5 Å². The van der Waals surface area contributed by atoms with E-state index >= 15 is 0 Å². The van der Waals surface area contributed by atoms with Crippen molar-refractivity contribution in [2.24, 2.45) is 0 Å². The van der Waals surface area contributed by atoms with E-state index in [-0.39, 0.29) is 0 Å². The number of hydrogen-bond donors (Lipinski definition) is 1. The van der Waals surface area contributed by atoms with E-state index in [9.17, 15) is 0 Å². The summed E-state index contributed by atoms with van der Waals surface area (Å²) in [4.78, 5) is 12.9. The first-order valence-electron chi connectivity index (χ1n) is 5.50. The highest BCUT2D eigenvalue weighted by molar-refractivity contribution is 5.60. The molecule has 6 heteroatoms. The van der Waals surface area contributed by atoms with Crippen molar-refractivity contribution in [1.82, 2.24) is 24.8 Å². The molecule has 0 amide bonds. The van der Waals surface area contributed by atoms with Crippen LogP contribution in [0.1, 0.15) is 5.82 Å². The van der Waals surface area contributed by atoms with Crippen molar-refractivity contribution in [2.75, 3.05) is 13.7 Å². The van der Waals surface area contributed by atoms with Crippen LogP contribution in [0.2, 0.25) is 0 Å². The average molecular weight is 231 g/mol. The Morgan fingerprint density at radius 3 is 3.06 bits per heavy atom. The maximum Gasteiger partial charge on any atom is 0.241 e. The molecule has 2 aromatic rings. The minimum atomic E-state index is 0.536. The van der Waals surface area contributed by atoms with Gasteiger partial charge in [0.2, 0.25) is 5.88 Å². The summed E-state index contributed by atoms with van der Waals surface area (Å²) < 4.78 is 7.39. The highest BCUT2D eigenvalue weighted by Crippen LogP contribution is 2.26. The third-order valence-electron chi connectivity index (χ3n) is 2.83. The number of hydrogen-bond acceptors (Lipinski definition) is 5. The van der Waals surface area contributed by atoms with Crippen LogP contribution in [0.5, 0.6) is 5.88 Å². The number of fused-ring (bicyclic) bond motifs is 1. The Labute approximate surface area is 98.7 Å². The van der Waals surface area contributed by atoms with Crippen LogP contribution in [-0.4, -0.2) is 33.2 Å². The zero-order chi connectivity index (χ0) is 11.7. The molecule has 0 spiro atoms. The van der Waals surface area contributed by atoms with Gasteiger partial charge in [-0.15, -0.1) is 0 Å². The van der Waals surface area contributed by atoms with E-state index in [0.717, 1.165) is 36.8 Å². The van der Waals surface area contributed by atoms with Crippen LogP contribution in [0, 0.1) is 0 Å². The summed E-state index contributed by atoms with van der Waals surface area (Å²) in [6.07, 6.45) is 5.12. The summed E-state index contributed by atoms with van der Waals surface area (Å²) in [5.74, 6) is 1.56. The van der Waals surface area contributed by atoms with Crippen LogP contribution in [-0.2, 0) is 13.1 Å². The summed E-state index contributed by atoms with van der Waals surface area (Å²) in [6.45, 7) is 2.63. The molecule has 0 radical (unpaired) electrons. The SMILES string of the molecule is COc1nccnc1-c1cnc2n1CCNC2. The van der Waals surface area contributed by atoms with E-state index in [0.29, 0.717) is 5.88 Å². The molecule has 0 atom stereocenters.